The van der Waals surface area contributed by atoms with Crippen LogP contribution < -0.4 is 15.8 Å². The van der Waals surface area contributed by atoms with Gasteiger partial charge in [0.1, 0.15) is 0 Å². The highest BCUT2D eigenvalue weighted by molar-refractivity contribution is 5.91. The maximum Gasteiger partial charge on any atom is 0.294 e. The molecule has 0 bridgehead atoms. The number of amides is 1. The number of rotatable bonds is 6. The number of carbonyl (C=O) groups excluding carboxylic acids is 1. The summed E-state index contributed by atoms with van der Waals surface area (Å²) in [6, 6.07) is 15.0. The number of hydrogen-bond acceptors (Lipinski definition) is 6. The van der Waals surface area contributed by atoms with Crippen molar-refractivity contribution < 1.29 is 9.53 Å². The van der Waals surface area contributed by atoms with Gasteiger partial charge >= 0.3 is 0 Å². The first-order chi connectivity index (χ1) is 16.2. The molecule has 33 heavy (non-hydrogen) atoms. The van der Waals surface area contributed by atoms with E-state index in [1.165, 1.54) is 0 Å². The van der Waals surface area contributed by atoms with Crippen molar-refractivity contribution in [2.45, 2.75) is 13.0 Å². The number of para-hydroxylation sites is 2. The van der Waals surface area contributed by atoms with Crippen molar-refractivity contribution in [3.63, 3.8) is 0 Å². The fourth-order valence-corrected chi connectivity index (χ4v) is 3.97. The van der Waals surface area contributed by atoms with Crippen molar-refractivity contribution in [1.82, 2.24) is 19.5 Å². The molecule has 2 N–H and O–H groups in total. The first-order valence-electron chi connectivity index (χ1n) is 10.9. The molecule has 0 atom stereocenters. The number of aryl methyl sites for hydroxylation is 1. The summed E-state index contributed by atoms with van der Waals surface area (Å²) >= 11 is 0. The van der Waals surface area contributed by atoms with E-state index < -0.39 is 0 Å². The highest BCUT2D eigenvalue weighted by Crippen LogP contribution is 2.19. The lowest BCUT2D eigenvalue weighted by molar-refractivity contribution is -0.116. The summed E-state index contributed by atoms with van der Waals surface area (Å²) in [4.78, 5) is 39.6. The minimum Gasteiger partial charge on any atom is -0.378 e. The zero-order chi connectivity index (χ0) is 22.6. The number of H-pyrrole nitrogens is 1. The van der Waals surface area contributed by atoms with E-state index in [0.29, 0.717) is 37.8 Å². The first-order valence-corrected chi connectivity index (χ1v) is 10.9. The lowest BCUT2D eigenvalue weighted by Crippen LogP contribution is -2.41. The fraction of sp³-hybridized carbons (Fsp3) is 0.250. The lowest BCUT2D eigenvalue weighted by Gasteiger charge is -2.28. The second kappa shape index (κ2) is 9.25. The number of carbonyl (C=O) groups is 1. The van der Waals surface area contributed by atoms with Crippen LogP contribution in [-0.2, 0) is 16.1 Å². The van der Waals surface area contributed by atoms with Crippen LogP contribution in [0.2, 0.25) is 0 Å². The third-order valence-electron chi connectivity index (χ3n) is 5.69. The summed E-state index contributed by atoms with van der Waals surface area (Å²) in [5, 5.41) is 2.91. The number of anilines is 2. The molecule has 1 saturated heterocycles. The molecule has 1 aliphatic heterocycles. The molecule has 0 saturated carbocycles. The Labute approximate surface area is 190 Å². The van der Waals surface area contributed by atoms with Crippen molar-refractivity contribution >= 4 is 28.4 Å². The molecule has 0 aliphatic carbocycles. The minimum atomic E-state index is -0.188. The zero-order valence-electron chi connectivity index (χ0n) is 18.0. The standard InChI is InChI=1S/C24H24N6O3/c31-22(27-18-7-5-17(6-8-18)20-15-25-16-26-20)9-10-30-21-4-2-1-3-19(21)28-23(24(30)32)29-11-13-33-14-12-29/h1-8,15-16H,9-14H2,(H,25,26)(H,27,31). The van der Waals surface area contributed by atoms with E-state index in [4.69, 9.17) is 4.74 Å². The van der Waals surface area contributed by atoms with Gasteiger partial charge in [-0.2, -0.15) is 0 Å². The highest BCUT2D eigenvalue weighted by atomic mass is 16.5. The van der Waals surface area contributed by atoms with Crippen LogP contribution >= 0.6 is 0 Å². The number of nitrogens with one attached hydrogen (secondary N) is 2. The smallest absolute Gasteiger partial charge is 0.294 e. The molecule has 2 aromatic heterocycles. The van der Waals surface area contributed by atoms with E-state index in [9.17, 15) is 9.59 Å². The molecule has 0 unspecified atom stereocenters. The van der Waals surface area contributed by atoms with Gasteiger partial charge in [0.2, 0.25) is 5.91 Å². The zero-order valence-corrected chi connectivity index (χ0v) is 18.0. The quantitative estimate of drug-likeness (QED) is 0.474. The topological polar surface area (TPSA) is 105 Å². The summed E-state index contributed by atoms with van der Waals surface area (Å²) in [7, 11) is 0. The molecule has 3 heterocycles. The summed E-state index contributed by atoms with van der Waals surface area (Å²) in [5.41, 5.74) is 3.85. The minimum absolute atomic E-state index is 0.162. The number of nitrogens with zero attached hydrogens (tertiary/aromatic N) is 4. The first kappa shape index (κ1) is 20.9. The molecule has 168 valence electrons. The van der Waals surface area contributed by atoms with Gasteiger partial charge in [0.05, 0.1) is 42.5 Å². The van der Waals surface area contributed by atoms with Gasteiger partial charge < -0.3 is 24.5 Å². The molecule has 1 amide bonds. The Balaban J connectivity index is 1.33. The summed E-state index contributed by atoms with van der Waals surface area (Å²) in [6.07, 6.45) is 3.54. The van der Waals surface area contributed by atoms with Crippen LogP contribution in [0.4, 0.5) is 11.5 Å². The van der Waals surface area contributed by atoms with Crippen LogP contribution in [0.3, 0.4) is 0 Å². The van der Waals surface area contributed by atoms with Crippen molar-refractivity contribution in [2.75, 3.05) is 36.5 Å². The number of morpholine rings is 1. The van der Waals surface area contributed by atoms with Crippen LogP contribution in [0.1, 0.15) is 6.42 Å². The molecule has 0 radical (unpaired) electrons. The number of imidazole rings is 1. The SMILES string of the molecule is O=C(CCn1c(=O)c(N2CCOCC2)nc2ccccc21)Nc1ccc(-c2cnc[nH]2)cc1. The molecule has 9 nitrogen and oxygen atoms in total. The Kier molecular flexibility index (Phi) is 5.86. The van der Waals surface area contributed by atoms with E-state index >= 15 is 0 Å². The van der Waals surface area contributed by atoms with E-state index in [1.807, 2.05) is 53.4 Å². The van der Waals surface area contributed by atoms with Crippen molar-refractivity contribution in [3.8, 4) is 11.3 Å². The Bertz CT molecular complexity index is 1310. The summed E-state index contributed by atoms with van der Waals surface area (Å²) in [6.45, 7) is 2.63. The largest absolute Gasteiger partial charge is 0.378 e. The molecule has 2 aromatic carbocycles. The molecule has 5 rings (SSSR count). The predicted octanol–water partition coefficient (Wildman–Crippen LogP) is 2.65. The van der Waals surface area contributed by atoms with Crippen LogP contribution in [0.25, 0.3) is 22.3 Å². The Morgan fingerprint density at radius 2 is 1.88 bits per heavy atom. The number of benzene rings is 2. The highest BCUT2D eigenvalue weighted by Gasteiger charge is 2.19. The third kappa shape index (κ3) is 4.49. The molecular weight excluding hydrogens is 420 g/mol. The molecule has 0 spiro atoms. The van der Waals surface area contributed by atoms with Crippen molar-refractivity contribution in [3.05, 3.63) is 71.4 Å². The number of hydrogen-bond donors (Lipinski definition) is 2. The monoisotopic (exact) mass is 444 g/mol. The van der Waals surface area contributed by atoms with Crippen molar-refractivity contribution in [2.24, 2.45) is 0 Å². The van der Waals surface area contributed by atoms with Crippen molar-refractivity contribution in [1.29, 1.82) is 0 Å². The normalized spacial score (nSPS) is 13.9. The van der Waals surface area contributed by atoms with E-state index in [2.05, 4.69) is 20.3 Å². The molecule has 1 fully saturated rings. The average Bonchev–Trinajstić information content (AvgIpc) is 3.39. The molecule has 4 aromatic rings. The van der Waals surface area contributed by atoms with Gasteiger partial charge in [-0.1, -0.05) is 24.3 Å². The Hall–Kier alpha value is -3.98. The Morgan fingerprint density at radius 1 is 1.09 bits per heavy atom. The van der Waals surface area contributed by atoms with Gasteiger partial charge in [0.25, 0.3) is 5.56 Å². The third-order valence-corrected chi connectivity index (χ3v) is 5.69. The summed E-state index contributed by atoms with van der Waals surface area (Å²) in [5.74, 6) is 0.247. The van der Waals surface area contributed by atoms with E-state index in [-0.39, 0.29) is 24.4 Å². The number of fused-ring (bicyclic) bond motifs is 1. The van der Waals surface area contributed by atoms with Crippen LogP contribution in [-0.4, -0.2) is 51.7 Å². The fourth-order valence-electron chi connectivity index (χ4n) is 3.97. The number of aromatic nitrogens is 4. The van der Waals surface area contributed by atoms with Gasteiger partial charge in [-0.3, -0.25) is 9.59 Å². The lowest BCUT2D eigenvalue weighted by atomic mass is 10.1. The number of ether oxygens (including phenoxy) is 1. The van der Waals surface area contributed by atoms with E-state index in [1.54, 1.807) is 17.1 Å². The molecule has 9 heteroatoms. The van der Waals surface area contributed by atoms with Gasteiger partial charge in [0.15, 0.2) is 5.82 Å². The second-order valence-corrected chi connectivity index (χ2v) is 7.82. The maximum absolute atomic E-state index is 13.3. The van der Waals surface area contributed by atoms with Crippen LogP contribution in [0, 0.1) is 0 Å². The molecule has 1 aliphatic rings. The van der Waals surface area contributed by atoms with Gasteiger partial charge in [-0.05, 0) is 29.8 Å². The van der Waals surface area contributed by atoms with Gasteiger partial charge in [0, 0.05) is 31.7 Å². The maximum atomic E-state index is 13.3. The van der Waals surface area contributed by atoms with Gasteiger partial charge in [-0.25, -0.2) is 9.97 Å². The Morgan fingerprint density at radius 3 is 2.64 bits per heavy atom. The predicted molar refractivity (Wildman–Crippen MR) is 126 cm³/mol. The average molecular weight is 444 g/mol. The van der Waals surface area contributed by atoms with Gasteiger partial charge in [-0.15, -0.1) is 0 Å². The second-order valence-electron chi connectivity index (χ2n) is 7.82. The van der Waals surface area contributed by atoms with Crippen LogP contribution in [0.15, 0.2) is 65.8 Å². The van der Waals surface area contributed by atoms with Crippen LogP contribution in [0.5, 0.6) is 0 Å². The molecular formula is C24H24N6O3. The van der Waals surface area contributed by atoms with E-state index in [0.717, 1.165) is 22.3 Å². The summed E-state index contributed by atoms with van der Waals surface area (Å²) < 4.78 is 7.05. The number of aromatic amines is 1.